The highest BCUT2D eigenvalue weighted by Gasteiger charge is 2.16. The number of benzene rings is 1. The molecule has 0 aliphatic heterocycles. The van der Waals surface area contributed by atoms with E-state index in [1.54, 1.807) is 30.3 Å². The second-order valence-corrected chi connectivity index (χ2v) is 5.98. The Balaban J connectivity index is 1.81. The van der Waals surface area contributed by atoms with Crippen LogP contribution in [0.15, 0.2) is 41.0 Å². The third kappa shape index (κ3) is 3.40. The number of fused-ring (bicyclic) bond motifs is 1. The summed E-state index contributed by atoms with van der Waals surface area (Å²) in [5.41, 5.74) is 1.73. The van der Waals surface area contributed by atoms with E-state index in [1.165, 1.54) is 6.26 Å². The SMILES string of the molecule is CC(C)n1c(CCNC(=O)c2ccco2)nc2cc(C(=O)O)ccc21. The fraction of sp³-hybridized carbons (Fsp3) is 0.278. The van der Waals surface area contributed by atoms with Crippen LogP contribution < -0.4 is 5.32 Å². The van der Waals surface area contributed by atoms with E-state index < -0.39 is 5.97 Å². The molecule has 0 aliphatic rings. The summed E-state index contributed by atoms with van der Waals surface area (Å²) < 4.78 is 7.11. The Morgan fingerprint density at radius 1 is 1.32 bits per heavy atom. The molecule has 3 aromatic rings. The van der Waals surface area contributed by atoms with Crippen LogP contribution in [-0.2, 0) is 6.42 Å². The van der Waals surface area contributed by atoms with Crippen molar-refractivity contribution < 1.29 is 19.1 Å². The van der Waals surface area contributed by atoms with Gasteiger partial charge in [0.25, 0.3) is 5.91 Å². The van der Waals surface area contributed by atoms with Gasteiger partial charge < -0.3 is 19.4 Å². The normalized spacial score (nSPS) is 11.2. The number of nitrogens with zero attached hydrogens (tertiary/aromatic N) is 2. The largest absolute Gasteiger partial charge is 0.478 e. The van der Waals surface area contributed by atoms with Gasteiger partial charge in [0.15, 0.2) is 5.76 Å². The van der Waals surface area contributed by atoms with Gasteiger partial charge in [0, 0.05) is 19.0 Å². The van der Waals surface area contributed by atoms with Crippen molar-refractivity contribution in [3.8, 4) is 0 Å². The molecule has 7 nitrogen and oxygen atoms in total. The number of rotatable bonds is 6. The summed E-state index contributed by atoms with van der Waals surface area (Å²) in [6.07, 6.45) is 1.98. The van der Waals surface area contributed by atoms with E-state index in [0.717, 1.165) is 11.3 Å². The summed E-state index contributed by atoms with van der Waals surface area (Å²) in [6, 6.07) is 8.35. The zero-order valence-electron chi connectivity index (χ0n) is 14.0. The van der Waals surface area contributed by atoms with Gasteiger partial charge in [-0.3, -0.25) is 4.79 Å². The molecule has 0 saturated heterocycles. The minimum absolute atomic E-state index is 0.163. The first kappa shape index (κ1) is 16.8. The van der Waals surface area contributed by atoms with Gasteiger partial charge in [-0.15, -0.1) is 0 Å². The number of carboxylic acids is 1. The average molecular weight is 341 g/mol. The molecule has 0 radical (unpaired) electrons. The van der Waals surface area contributed by atoms with Gasteiger partial charge in [-0.1, -0.05) is 0 Å². The molecular weight excluding hydrogens is 322 g/mol. The Labute approximate surface area is 144 Å². The zero-order chi connectivity index (χ0) is 18.0. The van der Waals surface area contributed by atoms with E-state index in [4.69, 9.17) is 9.52 Å². The van der Waals surface area contributed by atoms with Gasteiger partial charge in [-0.05, 0) is 44.2 Å². The third-order valence-corrected chi connectivity index (χ3v) is 3.91. The lowest BCUT2D eigenvalue weighted by Gasteiger charge is -2.13. The number of nitrogens with one attached hydrogen (secondary N) is 1. The summed E-state index contributed by atoms with van der Waals surface area (Å²) in [5, 5.41) is 11.9. The minimum Gasteiger partial charge on any atom is -0.478 e. The first-order chi connectivity index (χ1) is 12.0. The number of amides is 1. The van der Waals surface area contributed by atoms with Gasteiger partial charge in [-0.2, -0.15) is 0 Å². The molecule has 2 aromatic heterocycles. The fourth-order valence-electron chi connectivity index (χ4n) is 2.82. The summed E-state index contributed by atoms with van der Waals surface area (Å²) in [7, 11) is 0. The lowest BCUT2D eigenvalue weighted by molar-refractivity contribution is 0.0696. The molecule has 7 heteroatoms. The number of aromatic carboxylic acids is 1. The van der Waals surface area contributed by atoms with Crippen LogP contribution in [-0.4, -0.2) is 33.1 Å². The maximum atomic E-state index is 11.9. The van der Waals surface area contributed by atoms with Crippen LogP contribution in [0.5, 0.6) is 0 Å². The highest BCUT2D eigenvalue weighted by molar-refractivity contribution is 5.92. The van der Waals surface area contributed by atoms with Crippen molar-refractivity contribution in [1.29, 1.82) is 0 Å². The molecular formula is C18H19N3O4. The monoisotopic (exact) mass is 341 g/mol. The molecule has 130 valence electrons. The van der Waals surface area contributed by atoms with Gasteiger partial charge in [0.2, 0.25) is 0 Å². The number of carboxylic acid groups (broad SMARTS) is 1. The number of carbonyl (C=O) groups is 2. The van der Waals surface area contributed by atoms with Crippen LogP contribution in [0.2, 0.25) is 0 Å². The summed E-state index contributed by atoms with van der Waals surface area (Å²) in [6.45, 7) is 4.48. The second kappa shape index (κ2) is 6.80. The smallest absolute Gasteiger partial charge is 0.335 e. The molecule has 0 unspecified atom stereocenters. The number of imidazole rings is 1. The van der Waals surface area contributed by atoms with Crippen molar-refractivity contribution >= 4 is 22.9 Å². The van der Waals surface area contributed by atoms with Gasteiger partial charge >= 0.3 is 5.97 Å². The minimum atomic E-state index is -0.978. The van der Waals surface area contributed by atoms with Crippen molar-refractivity contribution in [3.63, 3.8) is 0 Å². The van der Waals surface area contributed by atoms with Crippen LogP contribution in [0.1, 0.15) is 46.6 Å². The predicted octanol–water partition coefficient (Wildman–Crippen LogP) is 2.88. The van der Waals surface area contributed by atoms with Crippen LogP contribution in [0.4, 0.5) is 0 Å². The molecule has 1 amide bonds. The number of furan rings is 1. The Bertz CT molecular complexity index is 910. The van der Waals surface area contributed by atoms with E-state index in [2.05, 4.69) is 14.9 Å². The number of hydrogen-bond acceptors (Lipinski definition) is 4. The highest BCUT2D eigenvalue weighted by atomic mass is 16.4. The van der Waals surface area contributed by atoms with Gasteiger partial charge in [0.1, 0.15) is 5.82 Å². The van der Waals surface area contributed by atoms with Crippen LogP contribution in [0.25, 0.3) is 11.0 Å². The second-order valence-electron chi connectivity index (χ2n) is 5.98. The van der Waals surface area contributed by atoms with Crippen LogP contribution in [0, 0.1) is 0 Å². The van der Waals surface area contributed by atoms with Crippen molar-refractivity contribution in [2.75, 3.05) is 6.54 Å². The highest BCUT2D eigenvalue weighted by Crippen LogP contribution is 2.22. The van der Waals surface area contributed by atoms with Gasteiger partial charge in [-0.25, -0.2) is 9.78 Å². The van der Waals surface area contributed by atoms with Crippen molar-refractivity contribution in [2.45, 2.75) is 26.3 Å². The number of carbonyl (C=O) groups excluding carboxylic acids is 1. The number of aromatic nitrogens is 2. The molecule has 25 heavy (non-hydrogen) atoms. The molecule has 2 N–H and O–H groups in total. The van der Waals surface area contributed by atoms with E-state index in [0.29, 0.717) is 18.5 Å². The Morgan fingerprint density at radius 2 is 2.12 bits per heavy atom. The molecule has 0 saturated carbocycles. The maximum Gasteiger partial charge on any atom is 0.335 e. The van der Waals surface area contributed by atoms with Crippen molar-refractivity contribution in [2.24, 2.45) is 0 Å². The zero-order valence-corrected chi connectivity index (χ0v) is 14.0. The lowest BCUT2D eigenvalue weighted by atomic mass is 10.2. The summed E-state index contributed by atoms with van der Waals surface area (Å²) in [4.78, 5) is 27.6. The van der Waals surface area contributed by atoms with E-state index in [9.17, 15) is 9.59 Å². The molecule has 0 aliphatic carbocycles. The van der Waals surface area contributed by atoms with Crippen LogP contribution >= 0.6 is 0 Å². The predicted molar refractivity (Wildman–Crippen MR) is 91.8 cm³/mol. The van der Waals surface area contributed by atoms with Crippen LogP contribution in [0.3, 0.4) is 0 Å². The Kier molecular flexibility index (Phi) is 4.56. The van der Waals surface area contributed by atoms with E-state index >= 15 is 0 Å². The summed E-state index contributed by atoms with van der Waals surface area (Å²) >= 11 is 0. The maximum absolute atomic E-state index is 11.9. The van der Waals surface area contributed by atoms with Gasteiger partial charge in [0.05, 0.1) is 22.9 Å². The standard InChI is InChI=1S/C18H19N3O4/c1-11(2)21-14-6-5-12(18(23)24)10-13(14)20-16(21)7-8-19-17(22)15-4-3-9-25-15/h3-6,9-11H,7-8H2,1-2H3,(H,19,22)(H,23,24). The fourth-order valence-corrected chi connectivity index (χ4v) is 2.82. The van der Waals surface area contributed by atoms with E-state index in [-0.39, 0.29) is 23.3 Å². The molecule has 0 atom stereocenters. The topological polar surface area (TPSA) is 97.4 Å². The molecule has 1 aromatic carbocycles. The third-order valence-electron chi connectivity index (χ3n) is 3.91. The molecule has 0 fully saturated rings. The van der Waals surface area contributed by atoms with Crippen molar-refractivity contribution in [1.82, 2.24) is 14.9 Å². The lowest BCUT2D eigenvalue weighted by Crippen LogP contribution is -2.26. The molecule has 2 heterocycles. The number of hydrogen-bond donors (Lipinski definition) is 2. The summed E-state index contributed by atoms with van der Waals surface area (Å²) in [5.74, 6) is -0.186. The van der Waals surface area contributed by atoms with E-state index in [1.807, 2.05) is 13.8 Å². The first-order valence-corrected chi connectivity index (χ1v) is 8.03. The quantitative estimate of drug-likeness (QED) is 0.718. The average Bonchev–Trinajstić information content (AvgIpc) is 3.21. The Morgan fingerprint density at radius 3 is 2.76 bits per heavy atom. The van der Waals surface area contributed by atoms with Crippen molar-refractivity contribution in [3.05, 3.63) is 53.7 Å². The molecule has 0 bridgehead atoms. The first-order valence-electron chi connectivity index (χ1n) is 8.03. The molecule has 0 spiro atoms. The Hall–Kier alpha value is -3.09. The molecule has 3 rings (SSSR count).